The maximum absolute atomic E-state index is 5.64. The lowest BCUT2D eigenvalue weighted by Gasteiger charge is -2.25. The molecule has 1 atom stereocenters. The summed E-state index contributed by atoms with van der Waals surface area (Å²) in [5.74, 6) is 0.543. The quantitative estimate of drug-likeness (QED) is 0.903. The molecule has 5 heteroatoms. The number of nitrogens with zero attached hydrogens (tertiary/aromatic N) is 4. The second-order valence-electron chi connectivity index (χ2n) is 5.65. The summed E-state index contributed by atoms with van der Waals surface area (Å²) < 4.78 is 2.19. The minimum atomic E-state index is 0.497. The van der Waals surface area contributed by atoms with Crippen LogP contribution < -0.4 is 5.73 Å². The maximum Gasteiger partial charge on any atom is 0.123 e. The van der Waals surface area contributed by atoms with Crippen molar-refractivity contribution in [2.45, 2.75) is 38.4 Å². The van der Waals surface area contributed by atoms with E-state index in [4.69, 9.17) is 5.73 Å². The Bertz CT molecular complexity index is 570. The van der Waals surface area contributed by atoms with Crippen molar-refractivity contribution >= 4 is 5.82 Å². The number of hydrogen-bond donors (Lipinski definition) is 1. The van der Waals surface area contributed by atoms with Crippen LogP contribution in [0.15, 0.2) is 30.9 Å². The zero-order valence-electron chi connectivity index (χ0n) is 12.0. The summed E-state index contributed by atoms with van der Waals surface area (Å²) >= 11 is 0. The number of rotatable bonds is 5. The van der Waals surface area contributed by atoms with E-state index in [1.807, 2.05) is 24.7 Å². The lowest BCUT2D eigenvalue weighted by Crippen LogP contribution is -2.34. The average molecular weight is 271 g/mol. The van der Waals surface area contributed by atoms with Crippen LogP contribution in [-0.4, -0.2) is 38.6 Å². The van der Waals surface area contributed by atoms with Crippen LogP contribution in [0.25, 0.3) is 11.3 Å². The molecule has 0 aromatic carbocycles. The van der Waals surface area contributed by atoms with Gasteiger partial charge in [-0.3, -0.25) is 4.90 Å². The highest BCUT2D eigenvalue weighted by atomic mass is 15.2. The Labute approximate surface area is 119 Å². The van der Waals surface area contributed by atoms with Gasteiger partial charge < -0.3 is 10.3 Å². The summed E-state index contributed by atoms with van der Waals surface area (Å²) in [6.07, 6.45) is 8.25. The van der Waals surface area contributed by atoms with Gasteiger partial charge in [0.05, 0.1) is 18.2 Å². The van der Waals surface area contributed by atoms with Crippen LogP contribution in [0.5, 0.6) is 0 Å². The summed E-state index contributed by atoms with van der Waals surface area (Å²) in [5, 5.41) is 0. The van der Waals surface area contributed by atoms with Gasteiger partial charge in [0.15, 0.2) is 0 Å². The summed E-state index contributed by atoms with van der Waals surface area (Å²) in [5.41, 5.74) is 7.78. The highest BCUT2D eigenvalue weighted by Crippen LogP contribution is 2.28. The van der Waals surface area contributed by atoms with E-state index in [1.54, 1.807) is 6.20 Å². The molecule has 0 amide bonds. The molecule has 5 nitrogen and oxygen atoms in total. The van der Waals surface area contributed by atoms with E-state index in [0.717, 1.165) is 23.8 Å². The van der Waals surface area contributed by atoms with Gasteiger partial charge in [0, 0.05) is 30.4 Å². The molecule has 106 valence electrons. The van der Waals surface area contributed by atoms with Crippen LogP contribution in [-0.2, 0) is 6.54 Å². The Balaban J connectivity index is 1.77. The van der Waals surface area contributed by atoms with Crippen LogP contribution >= 0.6 is 0 Å². The molecule has 2 N–H and O–H groups in total. The van der Waals surface area contributed by atoms with E-state index in [1.165, 1.54) is 12.8 Å². The van der Waals surface area contributed by atoms with Crippen molar-refractivity contribution in [2.75, 3.05) is 12.8 Å². The van der Waals surface area contributed by atoms with Crippen molar-refractivity contribution in [2.24, 2.45) is 0 Å². The van der Waals surface area contributed by atoms with Gasteiger partial charge in [-0.2, -0.15) is 0 Å². The summed E-state index contributed by atoms with van der Waals surface area (Å²) in [6, 6.07) is 5.09. The minimum Gasteiger partial charge on any atom is -0.384 e. The number of hydrogen-bond acceptors (Lipinski definition) is 4. The predicted octanol–water partition coefficient (Wildman–Crippen LogP) is 2.01. The number of nitrogen functional groups attached to an aromatic ring is 1. The Morgan fingerprint density at radius 1 is 1.40 bits per heavy atom. The van der Waals surface area contributed by atoms with Crippen molar-refractivity contribution in [3.63, 3.8) is 0 Å². The Hall–Kier alpha value is -1.88. The molecule has 1 aliphatic rings. The van der Waals surface area contributed by atoms with Crippen molar-refractivity contribution in [1.82, 2.24) is 19.4 Å². The first-order chi connectivity index (χ1) is 9.65. The Morgan fingerprint density at radius 3 is 2.85 bits per heavy atom. The summed E-state index contributed by atoms with van der Waals surface area (Å²) in [4.78, 5) is 10.9. The van der Waals surface area contributed by atoms with Crippen LogP contribution in [0.1, 0.15) is 19.8 Å². The fraction of sp³-hybridized carbons (Fsp3) is 0.467. The molecule has 1 aliphatic carbocycles. The number of likely N-dealkylation sites (N-methyl/N-ethyl adjacent to an activating group) is 1. The third kappa shape index (κ3) is 2.67. The average Bonchev–Trinajstić information content (AvgIpc) is 3.20. The second kappa shape index (κ2) is 5.25. The van der Waals surface area contributed by atoms with Crippen LogP contribution in [0.3, 0.4) is 0 Å². The molecule has 1 unspecified atom stereocenters. The van der Waals surface area contributed by atoms with Gasteiger partial charge in [0.25, 0.3) is 0 Å². The van der Waals surface area contributed by atoms with E-state index in [0.29, 0.717) is 11.9 Å². The Kier molecular flexibility index (Phi) is 3.44. The molecule has 1 saturated carbocycles. The molecule has 0 radical (unpaired) electrons. The zero-order chi connectivity index (χ0) is 14.1. The molecule has 2 aromatic heterocycles. The molecule has 0 spiro atoms. The maximum atomic E-state index is 5.64. The smallest absolute Gasteiger partial charge is 0.123 e. The fourth-order valence-corrected chi connectivity index (χ4v) is 2.52. The van der Waals surface area contributed by atoms with Gasteiger partial charge in [0.2, 0.25) is 0 Å². The van der Waals surface area contributed by atoms with Gasteiger partial charge in [0.1, 0.15) is 5.82 Å². The molecule has 20 heavy (non-hydrogen) atoms. The van der Waals surface area contributed by atoms with E-state index < -0.39 is 0 Å². The first-order valence-corrected chi connectivity index (χ1v) is 7.09. The molecule has 3 rings (SSSR count). The molecule has 0 aliphatic heterocycles. The monoisotopic (exact) mass is 271 g/mol. The van der Waals surface area contributed by atoms with E-state index in [9.17, 15) is 0 Å². The van der Waals surface area contributed by atoms with E-state index in [2.05, 4.69) is 33.4 Å². The standard InChI is InChI=1S/C15H21N5/c1-11(19(2)13-4-5-13)9-20-10-17-8-14(20)12-3-6-15(16)18-7-12/h3,6-8,10-11,13H,4-5,9H2,1-2H3,(H2,16,18). The lowest BCUT2D eigenvalue weighted by molar-refractivity contribution is 0.226. The summed E-state index contributed by atoms with van der Waals surface area (Å²) in [6.45, 7) is 3.20. The van der Waals surface area contributed by atoms with Crippen molar-refractivity contribution in [1.29, 1.82) is 0 Å². The normalized spacial score (nSPS) is 16.6. The lowest BCUT2D eigenvalue weighted by atomic mass is 10.2. The predicted molar refractivity (Wildman–Crippen MR) is 80.1 cm³/mol. The summed E-state index contributed by atoms with van der Waals surface area (Å²) in [7, 11) is 2.21. The molecular weight excluding hydrogens is 250 g/mol. The van der Waals surface area contributed by atoms with Crippen LogP contribution in [0.2, 0.25) is 0 Å². The molecule has 2 aromatic rings. The number of nitrogens with two attached hydrogens (primary N) is 1. The third-order valence-electron chi connectivity index (χ3n) is 4.07. The molecule has 2 heterocycles. The van der Waals surface area contributed by atoms with Gasteiger partial charge >= 0.3 is 0 Å². The Morgan fingerprint density at radius 2 is 2.20 bits per heavy atom. The number of aromatic nitrogens is 3. The topological polar surface area (TPSA) is 60.0 Å². The first kappa shape index (κ1) is 13.1. The van der Waals surface area contributed by atoms with Crippen LogP contribution in [0, 0.1) is 0 Å². The second-order valence-corrected chi connectivity index (χ2v) is 5.65. The molecular formula is C15H21N5. The van der Waals surface area contributed by atoms with Gasteiger partial charge in [-0.1, -0.05) is 0 Å². The molecule has 0 bridgehead atoms. The SMILES string of the molecule is CC(Cn1cncc1-c1ccc(N)nc1)N(C)C1CC1. The first-order valence-electron chi connectivity index (χ1n) is 7.09. The molecule has 1 fully saturated rings. The van der Waals surface area contributed by atoms with Crippen molar-refractivity contribution < 1.29 is 0 Å². The minimum absolute atomic E-state index is 0.497. The van der Waals surface area contributed by atoms with E-state index in [-0.39, 0.29) is 0 Å². The highest BCUT2D eigenvalue weighted by Gasteiger charge is 2.29. The van der Waals surface area contributed by atoms with E-state index >= 15 is 0 Å². The fourth-order valence-electron chi connectivity index (χ4n) is 2.52. The number of pyridine rings is 1. The third-order valence-corrected chi connectivity index (χ3v) is 4.07. The van der Waals surface area contributed by atoms with Gasteiger partial charge in [-0.15, -0.1) is 0 Å². The number of anilines is 1. The zero-order valence-corrected chi connectivity index (χ0v) is 12.0. The number of imidazole rings is 1. The van der Waals surface area contributed by atoms with Gasteiger partial charge in [-0.05, 0) is 38.9 Å². The molecule has 0 saturated heterocycles. The largest absolute Gasteiger partial charge is 0.384 e. The van der Waals surface area contributed by atoms with Gasteiger partial charge in [-0.25, -0.2) is 9.97 Å². The highest BCUT2D eigenvalue weighted by molar-refractivity contribution is 5.59. The van der Waals surface area contributed by atoms with Crippen molar-refractivity contribution in [3.8, 4) is 11.3 Å². The van der Waals surface area contributed by atoms with Crippen molar-refractivity contribution in [3.05, 3.63) is 30.9 Å². The van der Waals surface area contributed by atoms with Crippen LogP contribution in [0.4, 0.5) is 5.82 Å².